The Morgan fingerprint density at radius 2 is 1.32 bits per heavy atom. The van der Waals surface area contributed by atoms with Gasteiger partial charge in [0.2, 0.25) is 5.91 Å². The third kappa shape index (κ3) is 2.64. The molecule has 0 saturated carbocycles. The number of rotatable bonds is 4. The zero-order chi connectivity index (χ0) is 17.2. The maximum Gasteiger partial charge on any atom is 0.235 e. The number of carbonyl (C=O) groups is 1. The second-order valence-corrected chi connectivity index (χ2v) is 6.45. The van der Waals surface area contributed by atoms with Gasteiger partial charge < -0.3 is 0 Å². The number of benzene rings is 3. The van der Waals surface area contributed by atoms with Gasteiger partial charge in [-0.15, -0.1) is 0 Å². The fraction of sp³-hybridized carbons (Fsp3) is 0.174. The van der Waals surface area contributed by atoms with Crippen LogP contribution in [0, 0.1) is 0 Å². The second kappa shape index (κ2) is 6.56. The summed E-state index contributed by atoms with van der Waals surface area (Å²) in [4.78, 5) is 15.3. The predicted octanol–water partition coefficient (Wildman–Crippen LogP) is 5.32. The molecule has 1 atom stereocenters. The van der Waals surface area contributed by atoms with Gasteiger partial charge in [-0.05, 0) is 29.2 Å². The third-order valence-corrected chi connectivity index (χ3v) is 5.00. The largest absolute Gasteiger partial charge is 0.300 e. The van der Waals surface area contributed by atoms with Crippen molar-refractivity contribution in [3.8, 4) is 0 Å². The molecule has 2 heteroatoms. The van der Waals surface area contributed by atoms with E-state index in [1.54, 1.807) is 0 Å². The number of carbonyl (C=O) groups excluding carboxylic acids is 1. The smallest absolute Gasteiger partial charge is 0.235 e. The lowest BCUT2D eigenvalue weighted by atomic mass is 9.96. The fourth-order valence-corrected chi connectivity index (χ4v) is 3.84. The van der Waals surface area contributed by atoms with E-state index in [2.05, 4.69) is 43.3 Å². The summed E-state index contributed by atoms with van der Waals surface area (Å²) in [6.45, 7) is 2.09. The molecule has 1 amide bonds. The maximum atomic E-state index is 13.3. The minimum atomic E-state index is -0.104. The highest BCUT2D eigenvalue weighted by atomic mass is 16.2. The van der Waals surface area contributed by atoms with Gasteiger partial charge in [-0.25, -0.2) is 0 Å². The number of hydrogen-bond acceptors (Lipinski definition) is 1. The summed E-state index contributed by atoms with van der Waals surface area (Å²) in [5.74, 6) is 0.146. The molecule has 0 N–H and O–H groups in total. The van der Waals surface area contributed by atoms with Crippen molar-refractivity contribution in [1.82, 2.24) is 0 Å². The van der Waals surface area contributed by atoms with Crippen LogP contribution in [0.1, 0.15) is 42.0 Å². The number of fused-ring (bicyclic) bond motifs is 1. The molecule has 0 aromatic heterocycles. The number of anilines is 1. The summed E-state index contributed by atoms with van der Waals surface area (Å²) < 4.78 is 0. The van der Waals surface area contributed by atoms with E-state index in [9.17, 15) is 4.79 Å². The molecule has 0 aliphatic carbocycles. The Morgan fingerprint density at radius 3 is 1.88 bits per heavy atom. The van der Waals surface area contributed by atoms with E-state index in [0.717, 1.165) is 28.8 Å². The van der Waals surface area contributed by atoms with Crippen LogP contribution in [-0.4, -0.2) is 5.91 Å². The van der Waals surface area contributed by atoms with Crippen molar-refractivity contribution in [3.63, 3.8) is 0 Å². The summed E-state index contributed by atoms with van der Waals surface area (Å²) >= 11 is 0. The van der Waals surface area contributed by atoms with Gasteiger partial charge in [0, 0.05) is 5.69 Å². The summed E-state index contributed by atoms with van der Waals surface area (Å²) in [7, 11) is 0. The van der Waals surface area contributed by atoms with Crippen LogP contribution in [0.3, 0.4) is 0 Å². The van der Waals surface area contributed by atoms with Crippen molar-refractivity contribution in [1.29, 1.82) is 0 Å². The van der Waals surface area contributed by atoms with Gasteiger partial charge in [0.15, 0.2) is 0 Å². The van der Waals surface area contributed by atoms with E-state index >= 15 is 0 Å². The topological polar surface area (TPSA) is 20.3 Å². The van der Waals surface area contributed by atoms with E-state index < -0.39 is 0 Å². The molecule has 1 aliphatic heterocycles. The van der Waals surface area contributed by atoms with Gasteiger partial charge in [-0.1, -0.05) is 85.8 Å². The highest BCUT2D eigenvalue weighted by molar-refractivity contribution is 6.05. The van der Waals surface area contributed by atoms with Crippen molar-refractivity contribution in [2.24, 2.45) is 0 Å². The van der Waals surface area contributed by atoms with E-state index in [1.807, 2.05) is 53.4 Å². The Hall–Kier alpha value is -2.87. The third-order valence-electron chi connectivity index (χ3n) is 5.00. The molecule has 25 heavy (non-hydrogen) atoms. The first-order valence-electron chi connectivity index (χ1n) is 8.83. The lowest BCUT2D eigenvalue weighted by Crippen LogP contribution is -2.33. The van der Waals surface area contributed by atoms with Crippen LogP contribution in [-0.2, 0) is 4.79 Å². The Bertz CT molecular complexity index is 833. The minimum Gasteiger partial charge on any atom is -0.300 e. The van der Waals surface area contributed by atoms with Crippen molar-refractivity contribution in [2.45, 2.75) is 25.3 Å². The summed E-state index contributed by atoms with van der Waals surface area (Å²) in [5, 5.41) is 0. The Balaban J connectivity index is 1.90. The van der Waals surface area contributed by atoms with Crippen molar-refractivity contribution >= 4 is 11.6 Å². The average molecular weight is 327 g/mol. The van der Waals surface area contributed by atoms with Crippen LogP contribution in [0.15, 0.2) is 84.9 Å². The minimum absolute atomic E-state index is 0.0499. The normalized spacial score (nSPS) is 16.3. The fourth-order valence-electron chi connectivity index (χ4n) is 3.84. The SMILES string of the molecule is CC[C@H]1C(=O)N(C(c2ccccc2)c2ccccc2)c2ccccc21. The molecule has 124 valence electrons. The Morgan fingerprint density at radius 1 is 0.800 bits per heavy atom. The first-order chi connectivity index (χ1) is 12.3. The number of para-hydroxylation sites is 1. The molecule has 4 rings (SSSR count). The predicted molar refractivity (Wildman–Crippen MR) is 102 cm³/mol. The van der Waals surface area contributed by atoms with Crippen LogP contribution in [0.25, 0.3) is 0 Å². The first-order valence-corrected chi connectivity index (χ1v) is 8.83. The molecule has 0 fully saturated rings. The van der Waals surface area contributed by atoms with Crippen molar-refractivity contribution in [3.05, 3.63) is 102 Å². The van der Waals surface area contributed by atoms with Crippen LogP contribution in [0.2, 0.25) is 0 Å². The maximum absolute atomic E-state index is 13.3. The molecule has 1 aliphatic rings. The second-order valence-electron chi connectivity index (χ2n) is 6.45. The van der Waals surface area contributed by atoms with Crippen LogP contribution >= 0.6 is 0 Å². The summed E-state index contributed by atoms with van der Waals surface area (Å²) in [6, 6.07) is 28.7. The van der Waals surface area contributed by atoms with E-state index in [1.165, 1.54) is 0 Å². The number of hydrogen-bond donors (Lipinski definition) is 0. The summed E-state index contributed by atoms with van der Waals surface area (Å²) in [6.07, 6.45) is 0.822. The van der Waals surface area contributed by atoms with E-state index in [0.29, 0.717) is 0 Å². The number of nitrogens with zero attached hydrogens (tertiary/aromatic N) is 1. The lowest BCUT2D eigenvalue weighted by molar-refractivity contribution is -0.119. The van der Waals surface area contributed by atoms with E-state index in [-0.39, 0.29) is 17.9 Å². The standard InChI is InChI=1S/C23H21NO/c1-2-19-20-15-9-10-16-21(20)24(23(19)25)22(17-11-5-3-6-12-17)18-13-7-4-8-14-18/h3-16,19,22H,2H2,1H3/t19-/m1/s1. The Kier molecular flexibility index (Phi) is 4.10. The van der Waals surface area contributed by atoms with Gasteiger partial charge in [0.05, 0.1) is 12.0 Å². The molecule has 0 spiro atoms. The number of amides is 1. The zero-order valence-electron chi connectivity index (χ0n) is 14.3. The van der Waals surface area contributed by atoms with E-state index in [4.69, 9.17) is 0 Å². The summed E-state index contributed by atoms with van der Waals surface area (Å²) in [5.41, 5.74) is 4.45. The van der Waals surface area contributed by atoms with Gasteiger partial charge >= 0.3 is 0 Å². The first kappa shape index (κ1) is 15.6. The monoisotopic (exact) mass is 327 g/mol. The lowest BCUT2D eigenvalue weighted by Gasteiger charge is -2.30. The molecule has 0 unspecified atom stereocenters. The molecular formula is C23H21NO. The highest BCUT2D eigenvalue weighted by Gasteiger charge is 2.40. The van der Waals surface area contributed by atoms with Crippen LogP contribution < -0.4 is 4.90 Å². The molecule has 2 nitrogen and oxygen atoms in total. The van der Waals surface area contributed by atoms with Crippen molar-refractivity contribution in [2.75, 3.05) is 4.90 Å². The molecule has 3 aromatic rings. The molecule has 1 heterocycles. The Labute approximate surface area is 148 Å². The molecule has 0 bridgehead atoms. The molecule has 3 aromatic carbocycles. The molecule has 0 saturated heterocycles. The van der Waals surface area contributed by atoms with Crippen molar-refractivity contribution < 1.29 is 4.79 Å². The highest BCUT2D eigenvalue weighted by Crippen LogP contribution is 2.45. The van der Waals surface area contributed by atoms with Crippen LogP contribution in [0.4, 0.5) is 5.69 Å². The zero-order valence-corrected chi connectivity index (χ0v) is 14.3. The average Bonchev–Trinajstić information content (AvgIpc) is 2.95. The van der Waals surface area contributed by atoms with Gasteiger partial charge in [0.25, 0.3) is 0 Å². The van der Waals surface area contributed by atoms with Crippen LogP contribution in [0.5, 0.6) is 0 Å². The van der Waals surface area contributed by atoms with Gasteiger partial charge in [-0.2, -0.15) is 0 Å². The molecular weight excluding hydrogens is 306 g/mol. The molecule has 0 radical (unpaired) electrons. The quantitative estimate of drug-likeness (QED) is 0.635. The van der Waals surface area contributed by atoms with Gasteiger partial charge in [-0.3, -0.25) is 9.69 Å². The van der Waals surface area contributed by atoms with Gasteiger partial charge in [0.1, 0.15) is 0 Å².